The largest absolute Gasteiger partial charge is 0.325 e. The zero-order valence-electron chi connectivity index (χ0n) is 17.0. The second kappa shape index (κ2) is 9.83. The lowest BCUT2D eigenvalue weighted by Gasteiger charge is -2.14. The summed E-state index contributed by atoms with van der Waals surface area (Å²) in [5.74, 6) is -0.307. The molecule has 0 fully saturated rings. The summed E-state index contributed by atoms with van der Waals surface area (Å²) in [4.78, 5) is 25.9. The van der Waals surface area contributed by atoms with Gasteiger partial charge in [0.2, 0.25) is 5.91 Å². The van der Waals surface area contributed by atoms with Gasteiger partial charge in [-0.1, -0.05) is 29.8 Å². The molecule has 3 aromatic rings. The average Bonchev–Trinajstić information content (AvgIpc) is 2.67. The Hall–Kier alpha value is -2.76. The van der Waals surface area contributed by atoms with Crippen LogP contribution in [-0.2, 0) is 4.79 Å². The van der Waals surface area contributed by atoms with Gasteiger partial charge in [0.25, 0.3) is 5.91 Å². The SMILES string of the molecule is Cc1cc(C)cc(NC(=O)C(C)Sc2cccc(NC(=O)c3cccc(Cl)c3)c2)c1. The highest BCUT2D eigenvalue weighted by Gasteiger charge is 2.15. The Labute approximate surface area is 186 Å². The van der Waals surface area contributed by atoms with E-state index in [0.29, 0.717) is 16.3 Å². The number of halogens is 1. The lowest BCUT2D eigenvalue weighted by Crippen LogP contribution is -2.22. The molecule has 0 saturated carbocycles. The van der Waals surface area contributed by atoms with E-state index in [2.05, 4.69) is 16.7 Å². The number of aryl methyl sites for hydroxylation is 2. The molecule has 30 heavy (non-hydrogen) atoms. The first kappa shape index (κ1) is 21.9. The molecule has 0 heterocycles. The van der Waals surface area contributed by atoms with Crippen LogP contribution in [0.1, 0.15) is 28.4 Å². The number of carbonyl (C=O) groups excluding carboxylic acids is 2. The van der Waals surface area contributed by atoms with Crippen LogP contribution >= 0.6 is 23.4 Å². The minimum Gasteiger partial charge on any atom is -0.325 e. The maximum atomic E-state index is 12.6. The van der Waals surface area contributed by atoms with E-state index >= 15 is 0 Å². The van der Waals surface area contributed by atoms with E-state index in [1.54, 1.807) is 24.3 Å². The fraction of sp³-hybridized carbons (Fsp3) is 0.167. The highest BCUT2D eigenvalue weighted by molar-refractivity contribution is 8.00. The molecule has 1 unspecified atom stereocenters. The molecule has 154 valence electrons. The lowest BCUT2D eigenvalue weighted by molar-refractivity contribution is -0.115. The summed E-state index contributed by atoms with van der Waals surface area (Å²) in [6.07, 6.45) is 0. The first-order chi connectivity index (χ1) is 14.3. The molecule has 0 radical (unpaired) electrons. The van der Waals surface area contributed by atoms with Gasteiger partial charge in [-0.3, -0.25) is 9.59 Å². The molecule has 0 aromatic heterocycles. The Morgan fingerprint density at radius 1 is 0.867 bits per heavy atom. The third-order valence-electron chi connectivity index (χ3n) is 4.35. The Morgan fingerprint density at radius 2 is 1.57 bits per heavy atom. The van der Waals surface area contributed by atoms with Crippen molar-refractivity contribution in [1.82, 2.24) is 0 Å². The first-order valence-electron chi connectivity index (χ1n) is 9.53. The number of nitrogens with one attached hydrogen (secondary N) is 2. The quantitative estimate of drug-likeness (QED) is 0.442. The molecule has 0 saturated heterocycles. The van der Waals surface area contributed by atoms with Crippen LogP contribution in [0.25, 0.3) is 0 Å². The van der Waals surface area contributed by atoms with E-state index in [-0.39, 0.29) is 17.1 Å². The number of hydrogen-bond acceptors (Lipinski definition) is 3. The van der Waals surface area contributed by atoms with Gasteiger partial charge in [-0.15, -0.1) is 11.8 Å². The Kier molecular flexibility index (Phi) is 7.19. The van der Waals surface area contributed by atoms with Crippen molar-refractivity contribution in [3.05, 3.63) is 88.4 Å². The molecule has 0 aliphatic carbocycles. The van der Waals surface area contributed by atoms with Crippen LogP contribution in [0.5, 0.6) is 0 Å². The molecule has 0 aliphatic rings. The van der Waals surface area contributed by atoms with E-state index in [9.17, 15) is 9.59 Å². The van der Waals surface area contributed by atoms with Gasteiger partial charge in [-0.25, -0.2) is 0 Å². The molecule has 2 N–H and O–H groups in total. The minimum atomic E-state index is -0.301. The second-order valence-corrected chi connectivity index (χ2v) is 8.97. The fourth-order valence-electron chi connectivity index (χ4n) is 3.03. The predicted octanol–water partition coefficient (Wildman–Crippen LogP) is 6.33. The molecule has 0 aliphatic heterocycles. The zero-order valence-corrected chi connectivity index (χ0v) is 18.6. The van der Waals surface area contributed by atoms with E-state index in [1.165, 1.54) is 11.8 Å². The van der Waals surface area contributed by atoms with Crippen LogP contribution in [-0.4, -0.2) is 17.1 Å². The van der Waals surface area contributed by atoms with Crippen molar-refractivity contribution in [1.29, 1.82) is 0 Å². The van der Waals surface area contributed by atoms with Gasteiger partial charge < -0.3 is 10.6 Å². The van der Waals surface area contributed by atoms with E-state index in [0.717, 1.165) is 21.7 Å². The Morgan fingerprint density at radius 3 is 2.27 bits per heavy atom. The number of thioether (sulfide) groups is 1. The van der Waals surface area contributed by atoms with Gasteiger partial charge in [0.15, 0.2) is 0 Å². The zero-order chi connectivity index (χ0) is 21.7. The molecular formula is C24H23ClN2O2S. The summed E-state index contributed by atoms with van der Waals surface area (Å²) in [5, 5.41) is 6.05. The van der Waals surface area contributed by atoms with Gasteiger partial charge in [0, 0.05) is 26.9 Å². The van der Waals surface area contributed by atoms with Crippen molar-refractivity contribution < 1.29 is 9.59 Å². The Bertz CT molecular complexity index is 1060. The number of amides is 2. The topological polar surface area (TPSA) is 58.2 Å². The summed E-state index contributed by atoms with van der Waals surface area (Å²) in [6.45, 7) is 5.87. The second-order valence-electron chi connectivity index (χ2n) is 7.12. The smallest absolute Gasteiger partial charge is 0.255 e. The number of anilines is 2. The van der Waals surface area contributed by atoms with Crippen molar-refractivity contribution in [3.63, 3.8) is 0 Å². The van der Waals surface area contributed by atoms with Crippen molar-refractivity contribution in [2.75, 3.05) is 10.6 Å². The predicted molar refractivity (Wildman–Crippen MR) is 126 cm³/mol. The summed E-state index contributed by atoms with van der Waals surface area (Å²) in [5.41, 5.74) is 4.16. The van der Waals surface area contributed by atoms with Crippen LogP contribution in [0.15, 0.2) is 71.6 Å². The van der Waals surface area contributed by atoms with Gasteiger partial charge in [-0.2, -0.15) is 0 Å². The van der Waals surface area contributed by atoms with Crippen molar-refractivity contribution in [2.24, 2.45) is 0 Å². The monoisotopic (exact) mass is 438 g/mol. The van der Waals surface area contributed by atoms with Gasteiger partial charge in [0.1, 0.15) is 0 Å². The van der Waals surface area contributed by atoms with E-state index in [4.69, 9.17) is 11.6 Å². The van der Waals surface area contributed by atoms with E-state index in [1.807, 2.05) is 57.2 Å². The summed E-state index contributed by atoms with van der Waals surface area (Å²) < 4.78 is 0. The van der Waals surface area contributed by atoms with Crippen LogP contribution in [0, 0.1) is 13.8 Å². The number of rotatable bonds is 6. The third kappa shape index (κ3) is 6.12. The number of carbonyl (C=O) groups is 2. The summed E-state index contributed by atoms with van der Waals surface area (Å²) in [6, 6.07) is 20.2. The van der Waals surface area contributed by atoms with Crippen molar-refractivity contribution >= 4 is 46.6 Å². The summed E-state index contributed by atoms with van der Waals surface area (Å²) >= 11 is 7.39. The molecule has 3 aromatic carbocycles. The molecule has 6 heteroatoms. The molecule has 1 atom stereocenters. The first-order valence-corrected chi connectivity index (χ1v) is 10.8. The molecule has 0 bridgehead atoms. The minimum absolute atomic E-state index is 0.0710. The van der Waals surface area contributed by atoms with Crippen LogP contribution in [0.4, 0.5) is 11.4 Å². The lowest BCUT2D eigenvalue weighted by atomic mass is 10.1. The number of benzene rings is 3. The van der Waals surface area contributed by atoms with Gasteiger partial charge >= 0.3 is 0 Å². The van der Waals surface area contributed by atoms with Gasteiger partial charge in [-0.05, 0) is 80.4 Å². The highest BCUT2D eigenvalue weighted by Crippen LogP contribution is 2.27. The molecule has 3 rings (SSSR count). The van der Waals surface area contributed by atoms with Crippen molar-refractivity contribution in [2.45, 2.75) is 30.9 Å². The fourth-order valence-corrected chi connectivity index (χ4v) is 4.15. The maximum absolute atomic E-state index is 12.6. The number of hydrogen-bond donors (Lipinski definition) is 2. The van der Waals surface area contributed by atoms with Crippen molar-refractivity contribution in [3.8, 4) is 0 Å². The molecule has 0 spiro atoms. The van der Waals surface area contributed by atoms with Crippen LogP contribution < -0.4 is 10.6 Å². The molecular weight excluding hydrogens is 416 g/mol. The molecule has 4 nitrogen and oxygen atoms in total. The van der Waals surface area contributed by atoms with Crippen LogP contribution in [0.2, 0.25) is 5.02 Å². The third-order valence-corrected chi connectivity index (χ3v) is 5.68. The normalized spacial score (nSPS) is 11.6. The maximum Gasteiger partial charge on any atom is 0.255 e. The van der Waals surface area contributed by atoms with Gasteiger partial charge in [0.05, 0.1) is 5.25 Å². The average molecular weight is 439 g/mol. The standard InChI is InChI=1S/C24H23ClN2O2S/c1-15-10-16(2)12-21(11-15)27-23(28)17(3)30-22-9-5-8-20(14-22)26-24(29)18-6-4-7-19(25)13-18/h4-14,17H,1-3H3,(H,26,29)(H,27,28). The molecule has 2 amide bonds. The van der Waals surface area contributed by atoms with Crippen LogP contribution in [0.3, 0.4) is 0 Å². The summed E-state index contributed by atoms with van der Waals surface area (Å²) in [7, 11) is 0. The Balaban J connectivity index is 1.64. The highest BCUT2D eigenvalue weighted by atomic mass is 35.5. The van der Waals surface area contributed by atoms with E-state index < -0.39 is 0 Å².